The fourth-order valence-electron chi connectivity index (χ4n) is 2.32. The number of nitrogens with zero attached hydrogens (tertiary/aromatic N) is 1. The number of rotatable bonds is 5. The summed E-state index contributed by atoms with van der Waals surface area (Å²) in [5.41, 5.74) is 3.55. The number of benzene rings is 3. The lowest BCUT2D eigenvalue weighted by atomic mass is 10.2. The highest BCUT2D eigenvalue weighted by molar-refractivity contribution is 6.35. The smallest absolute Gasteiger partial charge is 0.128 e. The standard InChI is InChI=1S/C21H16Cl3NO/c1-14-6-9-18(11-19(14)23)25-12-15-4-2-3-5-21(15)26-13-16-7-8-17(22)10-20(16)24/h2-12H,13H2,1H3. The Balaban J connectivity index is 1.77. The van der Waals surface area contributed by atoms with E-state index in [2.05, 4.69) is 4.99 Å². The molecule has 132 valence electrons. The fraction of sp³-hybridized carbons (Fsp3) is 0.0952. The van der Waals surface area contributed by atoms with Crippen molar-refractivity contribution in [1.29, 1.82) is 0 Å². The van der Waals surface area contributed by atoms with Crippen LogP contribution in [0.4, 0.5) is 5.69 Å². The van der Waals surface area contributed by atoms with Gasteiger partial charge in [-0.05, 0) is 48.9 Å². The van der Waals surface area contributed by atoms with Gasteiger partial charge in [0.25, 0.3) is 0 Å². The largest absolute Gasteiger partial charge is 0.488 e. The second kappa shape index (κ2) is 8.59. The van der Waals surface area contributed by atoms with Gasteiger partial charge < -0.3 is 4.74 Å². The van der Waals surface area contributed by atoms with Crippen molar-refractivity contribution in [3.05, 3.63) is 92.4 Å². The molecule has 3 aromatic carbocycles. The van der Waals surface area contributed by atoms with Gasteiger partial charge in [0.15, 0.2) is 0 Å². The van der Waals surface area contributed by atoms with Gasteiger partial charge in [0, 0.05) is 32.4 Å². The molecule has 0 aromatic heterocycles. The molecule has 0 N–H and O–H groups in total. The lowest BCUT2D eigenvalue weighted by Crippen LogP contribution is -1.99. The third kappa shape index (κ3) is 4.79. The van der Waals surface area contributed by atoms with Gasteiger partial charge in [-0.1, -0.05) is 59.1 Å². The fourth-order valence-corrected chi connectivity index (χ4v) is 2.96. The van der Waals surface area contributed by atoms with E-state index in [-0.39, 0.29) is 0 Å². The summed E-state index contributed by atoms with van der Waals surface area (Å²) in [6.45, 7) is 2.30. The highest BCUT2D eigenvalue weighted by atomic mass is 35.5. The van der Waals surface area contributed by atoms with Crippen molar-refractivity contribution < 1.29 is 4.74 Å². The molecule has 0 radical (unpaired) electrons. The van der Waals surface area contributed by atoms with Gasteiger partial charge in [-0.2, -0.15) is 0 Å². The molecule has 0 heterocycles. The number of hydrogen-bond donors (Lipinski definition) is 0. The van der Waals surface area contributed by atoms with E-state index in [9.17, 15) is 0 Å². The molecule has 3 rings (SSSR count). The van der Waals surface area contributed by atoms with E-state index in [1.807, 2.05) is 55.5 Å². The van der Waals surface area contributed by atoms with E-state index in [1.165, 1.54) is 0 Å². The quantitative estimate of drug-likeness (QED) is 0.409. The van der Waals surface area contributed by atoms with E-state index in [0.29, 0.717) is 21.7 Å². The predicted molar refractivity (Wildman–Crippen MR) is 111 cm³/mol. The first-order valence-electron chi connectivity index (χ1n) is 7.99. The molecule has 0 bridgehead atoms. The number of aliphatic imine (C=N–C) groups is 1. The van der Waals surface area contributed by atoms with Gasteiger partial charge in [-0.3, -0.25) is 4.99 Å². The molecule has 0 fully saturated rings. The maximum absolute atomic E-state index is 6.20. The van der Waals surface area contributed by atoms with Crippen LogP contribution in [0.5, 0.6) is 5.75 Å². The topological polar surface area (TPSA) is 21.6 Å². The predicted octanol–water partition coefficient (Wildman–Crippen LogP) is 7.28. The lowest BCUT2D eigenvalue weighted by molar-refractivity contribution is 0.306. The monoisotopic (exact) mass is 403 g/mol. The van der Waals surface area contributed by atoms with Crippen LogP contribution >= 0.6 is 34.8 Å². The molecule has 0 atom stereocenters. The van der Waals surface area contributed by atoms with E-state index in [1.54, 1.807) is 18.3 Å². The Morgan fingerprint density at radius 2 is 1.73 bits per heavy atom. The van der Waals surface area contributed by atoms with E-state index < -0.39 is 0 Å². The number of ether oxygens (including phenoxy) is 1. The van der Waals surface area contributed by atoms with Gasteiger partial charge in [0.2, 0.25) is 0 Å². The number of hydrogen-bond acceptors (Lipinski definition) is 2. The van der Waals surface area contributed by atoms with Crippen LogP contribution in [0.25, 0.3) is 0 Å². The Kier molecular flexibility index (Phi) is 6.20. The zero-order chi connectivity index (χ0) is 18.5. The average molecular weight is 405 g/mol. The SMILES string of the molecule is Cc1ccc(N=Cc2ccccc2OCc2ccc(Cl)cc2Cl)cc1Cl. The molecule has 3 aromatic rings. The normalized spacial score (nSPS) is 11.1. The summed E-state index contributed by atoms with van der Waals surface area (Å²) in [6, 6.07) is 18.8. The van der Waals surface area contributed by atoms with Crippen molar-refractivity contribution in [2.45, 2.75) is 13.5 Å². The highest BCUT2D eigenvalue weighted by Crippen LogP contribution is 2.25. The second-order valence-electron chi connectivity index (χ2n) is 5.75. The van der Waals surface area contributed by atoms with Gasteiger partial charge in [-0.25, -0.2) is 0 Å². The zero-order valence-corrected chi connectivity index (χ0v) is 16.3. The first kappa shape index (κ1) is 18.8. The Morgan fingerprint density at radius 3 is 2.50 bits per heavy atom. The van der Waals surface area contributed by atoms with Crippen molar-refractivity contribution in [3.63, 3.8) is 0 Å². The van der Waals surface area contributed by atoms with Crippen molar-refractivity contribution in [2.24, 2.45) is 4.99 Å². The summed E-state index contributed by atoms with van der Waals surface area (Å²) in [4.78, 5) is 4.49. The summed E-state index contributed by atoms with van der Waals surface area (Å²) in [7, 11) is 0. The third-order valence-corrected chi connectivity index (χ3v) is 4.82. The minimum atomic E-state index is 0.344. The summed E-state index contributed by atoms with van der Waals surface area (Å²) in [5.74, 6) is 0.723. The average Bonchev–Trinajstić information content (AvgIpc) is 2.63. The van der Waals surface area contributed by atoms with Crippen LogP contribution in [0.1, 0.15) is 16.7 Å². The molecule has 0 spiro atoms. The summed E-state index contributed by atoms with van der Waals surface area (Å²) < 4.78 is 5.93. The van der Waals surface area contributed by atoms with Crippen LogP contribution in [-0.2, 0) is 6.61 Å². The van der Waals surface area contributed by atoms with Crippen LogP contribution in [0.3, 0.4) is 0 Å². The summed E-state index contributed by atoms with van der Waals surface area (Å²) in [5, 5.41) is 1.88. The molecule has 0 aliphatic carbocycles. The van der Waals surface area contributed by atoms with Crippen molar-refractivity contribution in [3.8, 4) is 5.75 Å². The van der Waals surface area contributed by atoms with Crippen LogP contribution < -0.4 is 4.74 Å². The maximum Gasteiger partial charge on any atom is 0.128 e. The maximum atomic E-state index is 6.20. The van der Waals surface area contributed by atoms with Crippen molar-refractivity contribution in [1.82, 2.24) is 0 Å². The molecule has 2 nitrogen and oxygen atoms in total. The number of halogens is 3. The third-order valence-electron chi connectivity index (χ3n) is 3.83. The minimum Gasteiger partial charge on any atom is -0.488 e. The molecule has 0 saturated heterocycles. The Bertz CT molecular complexity index is 954. The highest BCUT2D eigenvalue weighted by Gasteiger charge is 2.05. The molecule has 0 saturated carbocycles. The molecule has 0 amide bonds. The van der Waals surface area contributed by atoms with Crippen LogP contribution in [0.15, 0.2) is 65.7 Å². The van der Waals surface area contributed by atoms with Crippen LogP contribution in [0.2, 0.25) is 15.1 Å². The molecule has 0 aliphatic rings. The molecule has 26 heavy (non-hydrogen) atoms. The number of para-hydroxylation sites is 1. The molecule has 0 aliphatic heterocycles. The van der Waals surface area contributed by atoms with E-state index in [0.717, 1.165) is 28.1 Å². The van der Waals surface area contributed by atoms with Crippen molar-refractivity contribution >= 4 is 46.7 Å². The Morgan fingerprint density at radius 1 is 0.923 bits per heavy atom. The Labute approximate surface area is 168 Å². The van der Waals surface area contributed by atoms with Crippen LogP contribution in [-0.4, -0.2) is 6.21 Å². The molecule has 0 unspecified atom stereocenters. The van der Waals surface area contributed by atoms with E-state index >= 15 is 0 Å². The van der Waals surface area contributed by atoms with Gasteiger partial charge in [0.1, 0.15) is 12.4 Å². The summed E-state index contributed by atoms with van der Waals surface area (Å²) >= 11 is 18.3. The molecular formula is C21H16Cl3NO. The zero-order valence-electron chi connectivity index (χ0n) is 14.0. The first-order chi connectivity index (χ1) is 12.5. The van der Waals surface area contributed by atoms with Crippen molar-refractivity contribution in [2.75, 3.05) is 0 Å². The van der Waals surface area contributed by atoms with Crippen LogP contribution in [0, 0.1) is 6.92 Å². The lowest BCUT2D eigenvalue weighted by Gasteiger charge is -2.10. The van der Waals surface area contributed by atoms with Gasteiger partial charge >= 0.3 is 0 Å². The first-order valence-corrected chi connectivity index (χ1v) is 9.12. The van der Waals surface area contributed by atoms with Gasteiger partial charge in [0.05, 0.1) is 5.69 Å². The van der Waals surface area contributed by atoms with E-state index in [4.69, 9.17) is 39.5 Å². The summed E-state index contributed by atoms with van der Waals surface area (Å²) in [6.07, 6.45) is 1.76. The second-order valence-corrected chi connectivity index (χ2v) is 7.00. The minimum absolute atomic E-state index is 0.344. The molecule has 5 heteroatoms. The Hall–Kier alpha value is -2.00. The number of aryl methyl sites for hydroxylation is 1. The molecular weight excluding hydrogens is 389 g/mol. The van der Waals surface area contributed by atoms with Gasteiger partial charge in [-0.15, -0.1) is 0 Å².